The smallest absolute Gasteiger partial charge is 0.169 e. The van der Waals surface area contributed by atoms with Crippen molar-refractivity contribution in [2.24, 2.45) is 0 Å². The number of phenolic OH excluding ortho intramolecular Hbond substituents is 1. The Bertz CT molecular complexity index is 738. The van der Waals surface area contributed by atoms with E-state index in [4.69, 9.17) is 9.47 Å². The molecule has 0 aliphatic carbocycles. The van der Waals surface area contributed by atoms with Crippen LogP contribution in [0, 0.1) is 0 Å². The molecule has 1 heterocycles. The Balaban J connectivity index is 1.95. The highest BCUT2D eigenvalue weighted by Crippen LogP contribution is 2.36. The minimum atomic E-state index is 0.0893. The lowest BCUT2D eigenvalue weighted by Gasteiger charge is -2.09. The number of hydrogen-bond donors (Lipinski definition) is 1. The van der Waals surface area contributed by atoms with Crippen molar-refractivity contribution in [3.63, 3.8) is 0 Å². The number of methoxy groups -OCH3 is 1. The van der Waals surface area contributed by atoms with E-state index in [1.165, 1.54) is 0 Å². The van der Waals surface area contributed by atoms with Gasteiger partial charge in [-0.15, -0.1) is 0 Å². The SMILES string of the molecule is COc1ccc(Oc2ccc3ncccc3c2O)cc1. The van der Waals surface area contributed by atoms with Crippen LogP contribution < -0.4 is 9.47 Å². The summed E-state index contributed by atoms with van der Waals surface area (Å²) in [6, 6.07) is 14.3. The van der Waals surface area contributed by atoms with Crippen molar-refractivity contribution in [2.45, 2.75) is 0 Å². The average Bonchev–Trinajstić information content (AvgIpc) is 2.51. The van der Waals surface area contributed by atoms with Gasteiger partial charge in [0.2, 0.25) is 0 Å². The zero-order chi connectivity index (χ0) is 13.9. The van der Waals surface area contributed by atoms with Gasteiger partial charge in [0.05, 0.1) is 12.6 Å². The molecular formula is C16H13NO3. The molecule has 2 aromatic carbocycles. The van der Waals surface area contributed by atoms with Gasteiger partial charge in [0.25, 0.3) is 0 Å². The maximum absolute atomic E-state index is 10.2. The predicted molar refractivity (Wildman–Crippen MR) is 76.5 cm³/mol. The fourth-order valence-corrected chi connectivity index (χ4v) is 1.97. The average molecular weight is 267 g/mol. The lowest BCUT2D eigenvalue weighted by molar-refractivity contribution is 0.407. The van der Waals surface area contributed by atoms with Crippen LogP contribution in [-0.4, -0.2) is 17.2 Å². The van der Waals surface area contributed by atoms with Crippen LogP contribution in [0.4, 0.5) is 0 Å². The Morgan fingerprint density at radius 1 is 0.950 bits per heavy atom. The number of aromatic hydroxyl groups is 1. The van der Waals surface area contributed by atoms with E-state index in [9.17, 15) is 5.11 Å². The standard InChI is InChI=1S/C16H13NO3/c1-19-11-4-6-12(7-5-11)20-15-9-8-14-13(16(15)18)3-2-10-17-14/h2-10,18H,1H3. The second-order valence-corrected chi connectivity index (χ2v) is 4.26. The Kier molecular flexibility index (Phi) is 3.13. The molecule has 0 atom stereocenters. The first-order valence-corrected chi connectivity index (χ1v) is 6.16. The molecule has 0 unspecified atom stereocenters. The molecule has 0 radical (unpaired) electrons. The number of benzene rings is 2. The van der Waals surface area contributed by atoms with Crippen LogP contribution in [0.1, 0.15) is 0 Å². The summed E-state index contributed by atoms with van der Waals surface area (Å²) < 4.78 is 10.8. The molecule has 0 aliphatic rings. The monoisotopic (exact) mass is 267 g/mol. The minimum Gasteiger partial charge on any atom is -0.504 e. The Morgan fingerprint density at radius 2 is 1.70 bits per heavy atom. The lowest BCUT2D eigenvalue weighted by atomic mass is 10.2. The molecule has 0 bridgehead atoms. The summed E-state index contributed by atoms with van der Waals surface area (Å²) in [5, 5.41) is 10.9. The highest BCUT2D eigenvalue weighted by Gasteiger charge is 2.08. The van der Waals surface area contributed by atoms with E-state index in [1.807, 2.05) is 6.07 Å². The molecule has 0 aliphatic heterocycles. The van der Waals surface area contributed by atoms with Crippen LogP contribution in [0.15, 0.2) is 54.7 Å². The Labute approximate surface area is 116 Å². The number of fused-ring (bicyclic) bond motifs is 1. The van der Waals surface area contributed by atoms with Crippen LogP contribution >= 0.6 is 0 Å². The topological polar surface area (TPSA) is 51.6 Å². The molecule has 0 fully saturated rings. The van der Waals surface area contributed by atoms with Gasteiger partial charge >= 0.3 is 0 Å². The number of pyridine rings is 1. The molecule has 3 rings (SSSR count). The quantitative estimate of drug-likeness (QED) is 0.785. The van der Waals surface area contributed by atoms with E-state index in [-0.39, 0.29) is 5.75 Å². The largest absolute Gasteiger partial charge is 0.504 e. The number of hydrogen-bond acceptors (Lipinski definition) is 4. The molecule has 4 heteroatoms. The maximum Gasteiger partial charge on any atom is 0.169 e. The van der Waals surface area contributed by atoms with Gasteiger partial charge in [0, 0.05) is 11.6 Å². The zero-order valence-electron chi connectivity index (χ0n) is 10.9. The molecule has 100 valence electrons. The first kappa shape index (κ1) is 12.3. The van der Waals surface area contributed by atoms with Gasteiger partial charge in [-0.05, 0) is 48.5 Å². The normalized spacial score (nSPS) is 10.4. The Hall–Kier alpha value is -2.75. The van der Waals surface area contributed by atoms with Gasteiger partial charge in [-0.25, -0.2) is 0 Å². The molecule has 0 amide bonds. The van der Waals surface area contributed by atoms with E-state index < -0.39 is 0 Å². The van der Waals surface area contributed by atoms with Crippen molar-refractivity contribution in [3.8, 4) is 23.0 Å². The number of phenols is 1. The number of ether oxygens (including phenoxy) is 2. The molecule has 4 nitrogen and oxygen atoms in total. The summed E-state index contributed by atoms with van der Waals surface area (Å²) in [6.07, 6.45) is 1.69. The third-order valence-corrected chi connectivity index (χ3v) is 3.01. The molecule has 1 aromatic heterocycles. The molecule has 3 aromatic rings. The van der Waals surface area contributed by atoms with Gasteiger partial charge in [0.15, 0.2) is 11.5 Å². The number of nitrogens with zero attached hydrogens (tertiary/aromatic N) is 1. The van der Waals surface area contributed by atoms with E-state index in [1.54, 1.807) is 55.8 Å². The molecule has 1 N–H and O–H groups in total. The summed E-state index contributed by atoms with van der Waals surface area (Å²) in [5.74, 6) is 1.87. The van der Waals surface area contributed by atoms with Gasteiger partial charge in [-0.3, -0.25) is 4.98 Å². The number of aromatic nitrogens is 1. The third-order valence-electron chi connectivity index (χ3n) is 3.01. The second kappa shape index (κ2) is 5.09. The first-order valence-electron chi connectivity index (χ1n) is 6.16. The summed E-state index contributed by atoms with van der Waals surface area (Å²) in [4.78, 5) is 4.18. The van der Waals surface area contributed by atoms with Gasteiger partial charge in [0.1, 0.15) is 11.5 Å². The molecule has 0 spiro atoms. The van der Waals surface area contributed by atoms with Gasteiger partial charge in [-0.2, -0.15) is 0 Å². The summed E-state index contributed by atoms with van der Waals surface area (Å²) in [7, 11) is 1.61. The van der Waals surface area contributed by atoms with Crippen molar-refractivity contribution in [3.05, 3.63) is 54.7 Å². The zero-order valence-corrected chi connectivity index (χ0v) is 10.9. The molecule has 0 saturated heterocycles. The second-order valence-electron chi connectivity index (χ2n) is 4.26. The van der Waals surface area contributed by atoms with Crippen molar-refractivity contribution in [2.75, 3.05) is 7.11 Å². The van der Waals surface area contributed by atoms with E-state index in [0.29, 0.717) is 16.9 Å². The van der Waals surface area contributed by atoms with Gasteiger partial charge < -0.3 is 14.6 Å². The lowest BCUT2D eigenvalue weighted by Crippen LogP contribution is -1.87. The van der Waals surface area contributed by atoms with Crippen molar-refractivity contribution >= 4 is 10.9 Å². The Morgan fingerprint density at radius 3 is 2.45 bits per heavy atom. The number of rotatable bonds is 3. The molecule has 20 heavy (non-hydrogen) atoms. The third kappa shape index (κ3) is 2.23. The van der Waals surface area contributed by atoms with E-state index >= 15 is 0 Å². The highest BCUT2D eigenvalue weighted by molar-refractivity contribution is 5.87. The van der Waals surface area contributed by atoms with E-state index in [2.05, 4.69) is 4.98 Å². The van der Waals surface area contributed by atoms with Crippen LogP contribution in [0.2, 0.25) is 0 Å². The van der Waals surface area contributed by atoms with E-state index in [0.717, 1.165) is 11.3 Å². The fraction of sp³-hybridized carbons (Fsp3) is 0.0625. The van der Waals surface area contributed by atoms with Crippen LogP contribution in [0.3, 0.4) is 0 Å². The van der Waals surface area contributed by atoms with Crippen LogP contribution in [0.25, 0.3) is 10.9 Å². The molecular weight excluding hydrogens is 254 g/mol. The van der Waals surface area contributed by atoms with Crippen LogP contribution in [0.5, 0.6) is 23.0 Å². The summed E-state index contributed by atoms with van der Waals surface area (Å²) >= 11 is 0. The predicted octanol–water partition coefficient (Wildman–Crippen LogP) is 3.74. The highest BCUT2D eigenvalue weighted by atomic mass is 16.5. The first-order chi connectivity index (χ1) is 9.78. The molecule has 0 saturated carbocycles. The van der Waals surface area contributed by atoms with Crippen molar-refractivity contribution in [1.82, 2.24) is 4.98 Å². The summed E-state index contributed by atoms with van der Waals surface area (Å²) in [6.45, 7) is 0. The maximum atomic E-state index is 10.2. The fourth-order valence-electron chi connectivity index (χ4n) is 1.97. The van der Waals surface area contributed by atoms with Crippen LogP contribution in [-0.2, 0) is 0 Å². The minimum absolute atomic E-state index is 0.0893. The van der Waals surface area contributed by atoms with Gasteiger partial charge in [-0.1, -0.05) is 0 Å². The van der Waals surface area contributed by atoms with Crippen molar-refractivity contribution in [1.29, 1.82) is 0 Å². The summed E-state index contributed by atoms with van der Waals surface area (Å²) in [5.41, 5.74) is 0.729. The van der Waals surface area contributed by atoms with Crippen molar-refractivity contribution < 1.29 is 14.6 Å².